The van der Waals surface area contributed by atoms with Gasteiger partial charge in [0.05, 0.1) is 12.2 Å². The summed E-state index contributed by atoms with van der Waals surface area (Å²) >= 11 is 1.98. The van der Waals surface area contributed by atoms with Crippen molar-refractivity contribution >= 4 is 11.8 Å². The van der Waals surface area contributed by atoms with Crippen molar-refractivity contribution in [3.05, 3.63) is 29.6 Å². The van der Waals surface area contributed by atoms with E-state index in [0.717, 1.165) is 42.8 Å². The lowest BCUT2D eigenvalue weighted by Crippen LogP contribution is -2.46. The highest BCUT2D eigenvalue weighted by Crippen LogP contribution is 2.39. The summed E-state index contributed by atoms with van der Waals surface area (Å²) in [5.74, 6) is 2.28. The van der Waals surface area contributed by atoms with Crippen LogP contribution in [0.1, 0.15) is 31.2 Å². The van der Waals surface area contributed by atoms with Crippen LogP contribution in [0.2, 0.25) is 0 Å². The monoisotopic (exact) mass is 311 g/mol. The Hall–Kier alpha value is -0.780. The molecule has 1 unspecified atom stereocenters. The van der Waals surface area contributed by atoms with Gasteiger partial charge in [-0.15, -0.1) is 0 Å². The first kappa shape index (κ1) is 15.1. The summed E-state index contributed by atoms with van der Waals surface area (Å²) in [6.45, 7) is 0.986. The molecular formula is C16H22FNO2S. The van der Waals surface area contributed by atoms with Gasteiger partial charge >= 0.3 is 0 Å². The van der Waals surface area contributed by atoms with E-state index >= 15 is 0 Å². The van der Waals surface area contributed by atoms with Crippen LogP contribution in [0.4, 0.5) is 4.39 Å². The fourth-order valence-corrected chi connectivity index (χ4v) is 4.42. The van der Waals surface area contributed by atoms with Gasteiger partial charge in [-0.3, -0.25) is 0 Å². The summed E-state index contributed by atoms with van der Waals surface area (Å²) in [4.78, 5) is 0. The summed E-state index contributed by atoms with van der Waals surface area (Å²) in [6, 6.07) is 4.93. The number of halogens is 1. The number of thioether (sulfide) groups is 1. The molecule has 1 spiro atoms. The standard InChI is InChI=1S/C16H22FNO2S/c17-14-3-1-2-12(11-18)15(14)20-13-4-7-19-16(10-13)5-8-21-9-6-16/h1-3,13H,4-11,18H2. The van der Waals surface area contributed by atoms with E-state index in [4.69, 9.17) is 15.2 Å². The summed E-state index contributed by atoms with van der Waals surface area (Å²) in [5.41, 5.74) is 6.36. The van der Waals surface area contributed by atoms with Crippen molar-refractivity contribution in [3.63, 3.8) is 0 Å². The van der Waals surface area contributed by atoms with E-state index in [1.807, 2.05) is 17.8 Å². The lowest BCUT2D eigenvalue weighted by molar-refractivity contribution is -0.116. The lowest BCUT2D eigenvalue weighted by Gasteiger charge is -2.43. The second kappa shape index (κ2) is 6.55. The van der Waals surface area contributed by atoms with Crippen LogP contribution in [0.15, 0.2) is 18.2 Å². The van der Waals surface area contributed by atoms with Crippen LogP contribution in [0.5, 0.6) is 5.75 Å². The molecule has 2 fully saturated rings. The average molecular weight is 311 g/mol. The normalized spacial score (nSPS) is 25.0. The highest BCUT2D eigenvalue weighted by atomic mass is 32.2. The zero-order chi connectivity index (χ0) is 14.7. The third kappa shape index (κ3) is 3.35. The summed E-state index contributed by atoms with van der Waals surface area (Å²) in [5, 5.41) is 0. The first-order valence-corrected chi connectivity index (χ1v) is 8.74. The molecule has 1 atom stereocenters. The predicted molar refractivity (Wildman–Crippen MR) is 83.2 cm³/mol. The molecule has 116 valence electrons. The van der Waals surface area contributed by atoms with Gasteiger partial charge in [-0.1, -0.05) is 12.1 Å². The lowest BCUT2D eigenvalue weighted by atomic mass is 9.86. The van der Waals surface area contributed by atoms with E-state index in [1.54, 1.807) is 6.07 Å². The van der Waals surface area contributed by atoms with Gasteiger partial charge in [0, 0.05) is 24.9 Å². The van der Waals surface area contributed by atoms with Crippen molar-refractivity contribution in [1.29, 1.82) is 0 Å². The first-order chi connectivity index (χ1) is 10.2. The molecule has 2 aliphatic heterocycles. The quantitative estimate of drug-likeness (QED) is 0.931. The van der Waals surface area contributed by atoms with Gasteiger partial charge in [-0.05, 0) is 30.4 Å². The van der Waals surface area contributed by atoms with Crippen molar-refractivity contribution in [2.24, 2.45) is 5.73 Å². The molecule has 21 heavy (non-hydrogen) atoms. The Balaban J connectivity index is 1.73. The minimum Gasteiger partial charge on any atom is -0.487 e. The predicted octanol–water partition coefficient (Wildman–Crippen LogP) is 3.11. The van der Waals surface area contributed by atoms with Crippen molar-refractivity contribution < 1.29 is 13.9 Å². The van der Waals surface area contributed by atoms with Crippen LogP contribution in [0.25, 0.3) is 0 Å². The second-order valence-corrected chi connectivity index (χ2v) is 7.03. The van der Waals surface area contributed by atoms with Gasteiger partial charge in [-0.25, -0.2) is 4.39 Å². The highest BCUT2D eigenvalue weighted by molar-refractivity contribution is 7.99. The van der Waals surface area contributed by atoms with Crippen molar-refractivity contribution in [1.82, 2.24) is 0 Å². The minimum atomic E-state index is -0.322. The fraction of sp³-hybridized carbons (Fsp3) is 0.625. The van der Waals surface area contributed by atoms with Gasteiger partial charge in [0.15, 0.2) is 11.6 Å². The maximum absolute atomic E-state index is 14.0. The highest BCUT2D eigenvalue weighted by Gasteiger charge is 2.39. The second-order valence-electron chi connectivity index (χ2n) is 5.81. The number of para-hydroxylation sites is 1. The van der Waals surface area contributed by atoms with Crippen LogP contribution < -0.4 is 10.5 Å². The molecule has 0 radical (unpaired) electrons. The van der Waals surface area contributed by atoms with Crippen LogP contribution in [0.3, 0.4) is 0 Å². The van der Waals surface area contributed by atoms with E-state index in [1.165, 1.54) is 6.07 Å². The fourth-order valence-electron chi connectivity index (χ4n) is 3.19. The molecule has 1 aromatic rings. The number of rotatable bonds is 3. The summed E-state index contributed by atoms with van der Waals surface area (Å²) < 4.78 is 26.1. The number of hydrogen-bond acceptors (Lipinski definition) is 4. The van der Waals surface area contributed by atoms with Crippen molar-refractivity contribution in [3.8, 4) is 5.75 Å². The van der Waals surface area contributed by atoms with Crippen molar-refractivity contribution in [2.75, 3.05) is 18.1 Å². The van der Waals surface area contributed by atoms with Gasteiger partial charge in [0.25, 0.3) is 0 Å². The van der Waals surface area contributed by atoms with Gasteiger partial charge < -0.3 is 15.2 Å². The molecule has 2 N–H and O–H groups in total. The smallest absolute Gasteiger partial charge is 0.165 e. The Bertz CT molecular complexity index is 486. The van der Waals surface area contributed by atoms with Gasteiger partial charge in [-0.2, -0.15) is 11.8 Å². The molecule has 2 saturated heterocycles. The van der Waals surface area contributed by atoms with Crippen LogP contribution in [-0.4, -0.2) is 29.8 Å². The van der Waals surface area contributed by atoms with Crippen LogP contribution in [0, 0.1) is 5.82 Å². The molecule has 2 heterocycles. The van der Waals surface area contributed by atoms with E-state index in [0.29, 0.717) is 12.4 Å². The van der Waals surface area contributed by atoms with E-state index in [9.17, 15) is 4.39 Å². The maximum atomic E-state index is 14.0. The van der Waals surface area contributed by atoms with E-state index < -0.39 is 0 Å². The molecule has 0 amide bonds. The summed E-state index contributed by atoms with van der Waals surface area (Å²) in [7, 11) is 0. The Labute approximate surface area is 129 Å². The topological polar surface area (TPSA) is 44.5 Å². The number of hydrogen-bond donors (Lipinski definition) is 1. The molecule has 3 rings (SSSR count). The maximum Gasteiger partial charge on any atom is 0.165 e. The molecule has 1 aromatic carbocycles. The molecule has 5 heteroatoms. The third-order valence-electron chi connectivity index (χ3n) is 4.40. The van der Waals surface area contributed by atoms with Crippen molar-refractivity contribution in [2.45, 2.75) is 43.9 Å². The minimum absolute atomic E-state index is 0.0176. The van der Waals surface area contributed by atoms with E-state index in [-0.39, 0.29) is 24.1 Å². The molecule has 3 nitrogen and oxygen atoms in total. The largest absolute Gasteiger partial charge is 0.487 e. The molecule has 2 aliphatic rings. The zero-order valence-corrected chi connectivity index (χ0v) is 13.0. The Morgan fingerprint density at radius 3 is 2.95 bits per heavy atom. The Morgan fingerprint density at radius 2 is 2.19 bits per heavy atom. The van der Waals surface area contributed by atoms with E-state index in [2.05, 4.69) is 0 Å². The number of nitrogens with two attached hydrogens (primary N) is 1. The third-order valence-corrected chi connectivity index (χ3v) is 5.39. The number of benzene rings is 1. The molecule has 0 bridgehead atoms. The van der Waals surface area contributed by atoms with Crippen LogP contribution >= 0.6 is 11.8 Å². The van der Waals surface area contributed by atoms with Crippen LogP contribution in [-0.2, 0) is 11.3 Å². The molecule has 0 saturated carbocycles. The summed E-state index contributed by atoms with van der Waals surface area (Å²) in [6.07, 6.45) is 3.82. The average Bonchev–Trinajstić information content (AvgIpc) is 2.50. The SMILES string of the molecule is NCc1cccc(F)c1OC1CCOC2(CCSCC2)C1. The Kier molecular flexibility index (Phi) is 4.72. The molecule has 0 aromatic heterocycles. The first-order valence-electron chi connectivity index (χ1n) is 7.58. The Morgan fingerprint density at radius 1 is 1.38 bits per heavy atom. The zero-order valence-electron chi connectivity index (χ0n) is 12.1. The molecule has 0 aliphatic carbocycles. The number of ether oxygens (including phenoxy) is 2. The van der Waals surface area contributed by atoms with Gasteiger partial charge in [0.1, 0.15) is 6.10 Å². The molecular weight excluding hydrogens is 289 g/mol. The van der Waals surface area contributed by atoms with Gasteiger partial charge in [0.2, 0.25) is 0 Å².